The van der Waals surface area contributed by atoms with Gasteiger partial charge in [-0.15, -0.1) is 5.10 Å². The van der Waals surface area contributed by atoms with Crippen molar-refractivity contribution in [1.29, 1.82) is 0 Å². The summed E-state index contributed by atoms with van der Waals surface area (Å²) in [4.78, 5) is 12.6. The summed E-state index contributed by atoms with van der Waals surface area (Å²) in [6.45, 7) is 7.26. The van der Waals surface area contributed by atoms with Gasteiger partial charge in [-0.2, -0.15) is 0 Å². The first-order valence-electron chi connectivity index (χ1n) is 6.25. The lowest BCUT2D eigenvalue weighted by molar-refractivity contribution is -0.139. The van der Waals surface area contributed by atoms with Crippen LogP contribution in [0.5, 0.6) is 0 Å². The second kappa shape index (κ2) is 7.05. The monoisotopic (exact) mass is 255 g/mol. The Labute approximate surface area is 107 Å². The molecule has 0 saturated carbocycles. The highest BCUT2D eigenvalue weighted by Crippen LogP contribution is 2.06. The number of aromatic nitrogens is 4. The van der Waals surface area contributed by atoms with Gasteiger partial charge in [0.2, 0.25) is 0 Å². The van der Waals surface area contributed by atoms with Gasteiger partial charge in [0.25, 0.3) is 0 Å². The van der Waals surface area contributed by atoms with Crippen LogP contribution >= 0.6 is 0 Å². The third kappa shape index (κ3) is 4.40. The number of aliphatic carboxylic acids is 1. The van der Waals surface area contributed by atoms with Crippen molar-refractivity contribution < 1.29 is 9.90 Å². The molecule has 1 aromatic rings. The summed E-state index contributed by atoms with van der Waals surface area (Å²) in [7, 11) is 0. The van der Waals surface area contributed by atoms with E-state index in [1.807, 2.05) is 18.7 Å². The normalized spacial score (nSPS) is 11.4. The highest BCUT2D eigenvalue weighted by Gasteiger charge is 2.17. The number of unbranched alkanes of at least 4 members (excludes halogenated alkanes) is 1. The molecule has 0 aromatic carbocycles. The van der Waals surface area contributed by atoms with Gasteiger partial charge in [-0.25, -0.2) is 4.68 Å². The molecule has 0 aliphatic heterocycles. The number of nitrogens with zero attached hydrogens (tertiary/aromatic N) is 5. The zero-order chi connectivity index (χ0) is 13.5. The molecule has 18 heavy (non-hydrogen) atoms. The van der Waals surface area contributed by atoms with E-state index >= 15 is 0 Å². The van der Waals surface area contributed by atoms with Gasteiger partial charge < -0.3 is 5.11 Å². The van der Waals surface area contributed by atoms with E-state index in [0.717, 1.165) is 25.2 Å². The molecule has 1 heterocycles. The molecule has 1 rings (SSSR count). The number of hydrogen-bond donors (Lipinski definition) is 1. The molecule has 0 amide bonds. The predicted molar refractivity (Wildman–Crippen MR) is 65.9 cm³/mol. The minimum Gasteiger partial charge on any atom is -0.480 e. The van der Waals surface area contributed by atoms with Crippen LogP contribution in [0, 0.1) is 0 Å². The maximum Gasteiger partial charge on any atom is 0.317 e. The van der Waals surface area contributed by atoms with Crippen molar-refractivity contribution in [3.8, 4) is 0 Å². The summed E-state index contributed by atoms with van der Waals surface area (Å²) in [5, 5.41) is 20.4. The average molecular weight is 255 g/mol. The molecular weight excluding hydrogens is 234 g/mol. The van der Waals surface area contributed by atoms with Crippen molar-refractivity contribution in [2.45, 2.75) is 52.7 Å². The van der Waals surface area contributed by atoms with Crippen LogP contribution in [0.25, 0.3) is 0 Å². The van der Waals surface area contributed by atoms with Crippen LogP contribution in [-0.2, 0) is 17.9 Å². The van der Waals surface area contributed by atoms with Crippen LogP contribution in [0.3, 0.4) is 0 Å². The Bertz CT molecular complexity index is 377. The first-order valence-corrected chi connectivity index (χ1v) is 6.25. The maximum atomic E-state index is 10.8. The third-order valence-electron chi connectivity index (χ3n) is 2.74. The van der Waals surface area contributed by atoms with E-state index in [-0.39, 0.29) is 12.6 Å². The fourth-order valence-electron chi connectivity index (χ4n) is 1.59. The topological polar surface area (TPSA) is 84.1 Å². The van der Waals surface area contributed by atoms with Gasteiger partial charge in [-0.05, 0) is 30.7 Å². The highest BCUT2D eigenvalue weighted by molar-refractivity contribution is 5.69. The summed E-state index contributed by atoms with van der Waals surface area (Å²) in [6, 6.07) is 0.137. The highest BCUT2D eigenvalue weighted by atomic mass is 16.4. The average Bonchev–Trinajstić information content (AvgIpc) is 2.72. The number of aryl methyl sites for hydroxylation is 1. The Morgan fingerprint density at radius 1 is 1.50 bits per heavy atom. The van der Waals surface area contributed by atoms with E-state index in [2.05, 4.69) is 22.4 Å². The Morgan fingerprint density at radius 2 is 2.22 bits per heavy atom. The van der Waals surface area contributed by atoms with Gasteiger partial charge in [0.1, 0.15) is 0 Å². The van der Waals surface area contributed by atoms with Crippen LogP contribution in [0.4, 0.5) is 0 Å². The quantitative estimate of drug-likeness (QED) is 0.738. The van der Waals surface area contributed by atoms with Gasteiger partial charge in [0, 0.05) is 12.6 Å². The molecule has 7 heteroatoms. The number of carboxylic acids is 1. The first kappa shape index (κ1) is 14.6. The molecule has 1 N–H and O–H groups in total. The van der Waals surface area contributed by atoms with E-state index in [0.29, 0.717) is 6.54 Å². The fraction of sp³-hybridized carbons (Fsp3) is 0.818. The van der Waals surface area contributed by atoms with E-state index < -0.39 is 5.97 Å². The summed E-state index contributed by atoms with van der Waals surface area (Å²) < 4.78 is 1.75. The summed E-state index contributed by atoms with van der Waals surface area (Å²) in [5.41, 5.74) is 0. The molecule has 0 saturated heterocycles. The minimum absolute atomic E-state index is 0.00168. The van der Waals surface area contributed by atoms with Gasteiger partial charge in [-0.1, -0.05) is 13.3 Å². The molecule has 1 aromatic heterocycles. The van der Waals surface area contributed by atoms with Gasteiger partial charge in [0.15, 0.2) is 5.82 Å². The molecule has 0 atom stereocenters. The molecular formula is C11H21N5O2. The van der Waals surface area contributed by atoms with Crippen molar-refractivity contribution >= 4 is 5.97 Å². The van der Waals surface area contributed by atoms with Crippen molar-refractivity contribution in [2.75, 3.05) is 6.54 Å². The lowest BCUT2D eigenvalue weighted by Gasteiger charge is -2.23. The molecule has 0 fully saturated rings. The fourth-order valence-corrected chi connectivity index (χ4v) is 1.59. The van der Waals surface area contributed by atoms with Crippen LogP contribution in [-0.4, -0.2) is 48.8 Å². The third-order valence-corrected chi connectivity index (χ3v) is 2.74. The number of hydrogen-bond acceptors (Lipinski definition) is 5. The van der Waals surface area contributed by atoms with Crippen molar-refractivity contribution in [2.24, 2.45) is 0 Å². The summed E-state index contributed by atoms with van der Waals surface area (Å²) in [5.74, 6) is -0.116. The van der Waals surface area contributed by atoms with E-state index in [1.165, 1.54) is 0 Å². The SMILES string of the molecule is CCCCn1nnnc1CN(CC(=O)O)C(C)C. The predicted octanol–water partition coefficient (Wildman–Crippen LogP) is 0.768. The molecule has 102 valence electrons. The zero-order valence-electron chi connectivity index (χ0n) is 11.2. The smallest absolute Gasteiger partial charge is 0.317 e. The molecule has 7 nitrogen and oxygen atoms in total. The largest absolute Gasteiger partial charge is 0.480 e. The van der Waals surface area contributed by atoms with Gasteiger partial charge in [0.05, 0.1) is 13.1 Å². The Morgan fingerprint density at radius 3 is 2.78 bits per heavy atom. The van der Waals surface area contributed by atoms with Crippen molar-refractivity contribution in [1.82, 2.24) is 25.1 Å². The van der Waals surface area contributed by atoms with Crippen LogP contribution in [0.2, 0.25) is 0 Å². The number of carboxylic acid groups (broad SMARTS) is 1. The maximum absolute atomic E-state index is 10.8. The molecule has 0 aliphatic carbocycles. The van der Waals surface area contributed by atoms with Crippen molar-refractivity contribution in [3.63, 3.8) is 0 Å². The van der Waals surface area contributed by atoms with Crippen LogP contribution in [0.15, 0.2) is 0 Å². The van der Waals surface area contributed by atoms with Crippen molar-refractivity contribution in [3.05, 3.63) is 5.82 Å². The zero-order valence-corrected chi connectivity index (χ0v) is 11.2. The number of carbonyl (C=O) groups is 1. The molecule has 0 spiro atoms. The number of tetrazole rings is 1. The second-order valence-electron chi connectivity index (χ2n) is 4.56. The van der Waals surface area contributed by atoms with Gasteiger partial charge in [-0.3, -0.25) is 9.69 Å². The summed E-state index contributed by atoms with van der Waals surface area (Å²) >= 11 is 0. The lowest BCUT2D eigenvalue weighted by Crippen LogP contribution is -2.36. The molecule has 0 bridgehead atoms. The second-order valence-corrected chi connectivity index (χ2v) is 4.56. The Balaban J connectivity index is 2.68. The van der Waals surface area contributed by atoms with E-state index in [9.17, 15) is 4.79 Å². The van der Waals surface area contributed by atoms with Crippen LogP contribution in [0.1, 0.15) is 39.4 Å². The summed E-state index contributed by atoms with van der Waals surface area (Å²) in [6.07, 6.45) is 2.08. The molecule has 0 aliphatic rings. The van der Waals surface area contributed by atoms with Gasteiger partial charge >= 0.3 is 5.97 Å². The number of rotatable bonds is 8. The first-order chi connectivity index (χ1) is 8.54. The Kier molecular flexibility index (Phi) is 5.70. The minimum atomic E-state index is -0.837. The van der Waals surface area contributed by atoms with E-state index in [4.69, 9.17) is 5.11 Å². The molecule has 0 unspecified atom stereocenters. The Hall–Kier alpha value is -1.50. The van der Waals surface area contributed by atoms with Crippen LogP contribution < -0.4 is 0 Å². The van der Waals surface area contributed by atoms with E-state index in [1.54, 1.807) is 4.68 Å². The standard InChI is InChI=1S/C11H21N5O2/c1-4-5-6-16-10(12-13-14-16)7-15(9(2)3)8-11(17)18/h9H,4-8H2,1-3H3,(H,17,18). The molecule has 0 radical (unpaired) electrons. The lowest BCUT2D eigenvalue weighted by atomic mass is 10.3.